The maximum Gasteiger partial charge on any atom is 0.161 e. The number of rotatable bonds is 4. The Labute approximate surface area is 124 Å². The fourth-order valence-corrected chi connectivity index (χ4v) is 2.54. The van der Waals surface area contributed by atoms with Crippen LogP contribution in [0.5, 0.6) is 11.5 Å². The Kier molecular flexibility index (Phi) is 3.92. The number of nitrogen functional groups attached to an aromatic ring is 1. The first-order chi connectivity index (χ1) is 10.3. The van der Waals surface area contributed by atoms with E-state index in [9.17, 15) is 0 Å². The van der Waals surface area contributed by atoms with E-state index in [0.717, 1.165) is 23.6 Å². The van der Waals surface area contributed by atoms with Crippen LogP contribution in [-0.4, -0.2) is 24.2 Å². The summed E-state index contributed by atoms with van der Waals surface area (Å²) in [5.41, 5.74) is 7.72. The first-order valence-electron chi connectivity index (χ1n) is 7.11. The highest BCUT2D eigenvalue weighted by atomic mass is 16.6. The van der Waals surface area contributed by atoms with E-state index in [-0.39, 0.29) is 12.1 Å². The standard InChI is InChI=1S/C16H19N3O2/c1-2-19-16(11-9-18-8-7-12(11)17)15-10-20-13-5-3-4-6-14(13)21-15/h3-9,15-16,19H,2,10H2,1H3,(H2,17,18). The van der Waals surface area contributed by atoms with Gasteiger partial charge >= 0.3 is 0 Å². The number of ether oxygens (including phenoxy) is 2. The SMILES string of the molecule is CCNC(c1cnccc1N)C1COc2ccccc2O1. The molecule has 0 spiro atoms. The number of benzene rings is 1. The van der Waals surface area contributed by atoms with Gasteiger partial charge in [0.05, 0.1) is 6.04 Å². The molecule has 1 aliphatic rings. The van der Waals surface area contributed by atoms with Crippen molar-refractivity contribution in [2.24, 2.45) is 0 Å². The Morgan fingerprint density at radius 1 is 1.33 bits per heavy atom. The maximum atomic E-state index is 6.09. The number of fused-ring (bicyclic) bond motifs is 1. The molecule has 0 amide bonds. The van der Waals surface area contributed by atoms with Gasteiger partial charge in [-0.3, -0.25) is 4.98 Å². The maximum absolute atomic E-state index is 6.09. The molecule has 21 heavy (non-hydrogen) atoms. The third-order valence-corrected chi connectivity index (χ3v) is 3.55. The molecule has 0 fully saturated rings. The van der Waals surface area contributed by atoms with Gasteiger partial charge < -0.3 is 20.5 Å². The summed E-state index contributed by atoms with van der Waals surface area (Å²) in [6.07, 6.45) is 3.33. The first-order valence-corrected chi connectivity index (χ1v) is 7.11. The Morgan fingerprint density at radius 3 is 2.90 bits per heavy atom. The molecule has 1 aromatic heterocycles. The third-order valence-electron chi connectivity index (χ3n) is 3.55. The number of para-hydroxylation sites is 2. The number of pyridine rings is 1. The molecule has 2 heterocycles. The fraction of sp³-hybridized carbons (Fsp3) is 0.312. The smallest absolute Gasteiger partial charge is 0.161 e. The van der Waals surface area contributed by atoms with Crippen molar-refractivity contribution in [2.75, 3.05) is 18.9 Å². The molecule has 0 radical (unpaired) electrons. The Balaban J connectivity index is 1.88. The van der Waals surface area contributed by atoms with Crippen LogP contribution >= 0.6 is 0 Å². The zero-order chi connectivity index (χ0) is 14.7. The van der Waals surface area contributed by atoms with Crippen molar-refractivity contribution in [1.29, 1.82) is 0 Å². The van der Waals surface area contributed by atoms with Crippen molar-refractivity contribution in [2.45, 2.75) is 19.1 Å². The molecular formula is C16H19N3O2. The van der Waals surface area contributed by atoms with E-state index in [1.165, 1.54) is 0 Å². The van der Waals surface area contributed by atoms with Crippen LogP contribution in [0.4, 0.5) is 5.69 Å². The molecule has 3 N–H and O–H groups in total. The van der Waals surface area contributed by atoms with Crippen molar-refractivity contribution in [3.8, 4) is 11.5 Å². The van der Waals surface area contributed by atoms with E-state index in [1.54, 1.807) is 18.5 Å². The van der Waals surface area contributed by atoms with Gasteiger partial charge in [-0.1, -0.05) is 19.1 Å². The lowest BCUT2D eigenvalue weighted by atomic mass is 10.0. The molecule has 2 atom stereocenters. The average Bonchev–Trinajstić information content (AvgIpc) is 2.53. The van der Waals surface area contributed by atoms with Gasteiger partial charge in [0.15, 0.2) is 17.6 Å². The largest absolute Gasteiger partial charge is 0.486 e. The topological polar surface area (TPSA) is 69.4 Å². The molecule has 5 heteroatoms. The third kappa shape index (κ3) is 2.78. The number of hydrogen-bond donors (Lipinski definition) is 2. The molecule has 2 aromatic rings. The van der Waals surface area contributed by atoms with Crippen molar-refractivity contribution in [3.63, 3.8) is 0 Å². The predicted octanol–water partition coefficient (Wildman–Crippen LogP) is 2.15. The van der Waals surface area contributed by atoms with Gasteiger partial charge in [0.2, 0.25) is 0 Å². The van der Waals surface area contributed by atoms with Crippen molar-refractivity contribution in [1.82, 2.24) is 10.3 Å². The second kappa shape index (κ2) is 6.01. The van der Waals surface area contributed by atoms with E-state index in [2.05, 4.69) is 17.2 Å². The number of likely N-dealkylation sites (N-methyl/N-ethyl adjacent to an activating group) is 1. The Morgan fingerprint density at radius 2 is 2.14 bits per heavy atom. The molecule has 5 nitrogen and oxygen atoms in total. The molecule has 110 valence electrons. The highest BCUT2D eigenvalue weighted by molar-refractivity contribution is 5.47. The van der Waals surface area contributed by atoms with E-state index >= 15 is 0 Å². The first kappa shape index (κ1) is 13.7. The lowest BCUT2D eigenvalue weighted by Crippen LogP contribution is -2.42. The van der Waals surface area contributed by atoms with Crippen LogP contribution in [0.1, 0.15) is 18.5 Å². The van der Waals surface area contributed by atoms with E-state index < -0.39 is 0 Å². The van der Waals surface area contributed by atoms with Crippen LogP contribution < -0.4 is 20.5 Å². The highest BCUT2D eigenvalue weighted by Gasteiger charge is 2.30. The number of hydrogen-bond acceptors (Lipinski definition) is 5. The fourth-order valence-electron chi connectivity index (χ4n) is 2.54. The summed E-state index contributed by atoms with van der Waals surface area (Å²) < 4.78 is 11.9. The summed E-state index contributed by atoms with van der Waals surface area (Å²) in [5, 5.41) is 3.42. The Hall–Kier alpha value is -2.27. The van der Waals surface area contributed by atoms with Gasteiger partial charge in [-0.2, -0.15) is 0 Å². The molecule has 3 rings (SSSR count). The number of anilines is 1. The van der Waals surface area contributed by atoms with Crippen molar-refractivity contribution in [3.05, 3.63) is 48.3 Å². The van der Waals surface area contributed by atoms with Crippen LogP contribution in [0.15, 0.2) is 42.7 Å². The van der Waals surface area contributed by atoms with Gasteiger partial charge in [0.25, 0.3) is 0 Å². The van der Waals surface area contributed by atoms with Crippen LogP contribution in [0.2, 0.25) is 0 Å². The summed E-state index contributed by atoms with van der Waals surface area (Å²) in [4.78, 5) is 4.17. The van der Waals surface area contributed by atoms with Gasteiger partial charge in [0, 0.05) is 23.6 Å². The predicted molar refractivity (Wildman–Crippen MR) is 81.4 cm³/mol. The minimum absolute atomic E-state index is 0.0583. The molecule has 0 aliphatic carbocycles. The molecule has 1 aromatic carbocycles. The van der Waals surface area contributed by atoms with Crippen LogP contribution in [-0.2, 0) is 0 Å². The minimum atomic E-state index is -0.147. The number of nitrogens with one attached hydrogen (secondary N) is 1. The van der Waals surface area contributed by atoms with Gasteiger partial charge in [0.1, 0.15) is 6.61 Å². The average molecular weight is 285 g/mol. The number of nitrogens with zero attached hydrogens (tertiary/aromatic N) is 1. The van der Waals surface area contributed by atoms with Gasteiger partial charge in [-0.15, -0.1) is 0 Å². The van der Waals surface area contributed by atoms with E-state index in [4.69, 9.17) is 15.2 Å². The number of nitrogens with two attached hydrogens (primary N) is 1. The van der Waals surface area contributed by atoms with Crippen LogP contribution in [0.3, 0.4) is 0 Å². The van der Waals surface area contributed by atoms with Crippen molar-refractivity contribution >= 4 is 5.69 Å². The summed E-state index contributed by atoms with van der Waals surface area (Å²) in [6.45, 7) is 3.33. The van der Waals surface area contributed by atoms with Crippen LogP contribution in [0.25, 0.3) is 0 Å². The zero-order valence-corrected chi connectivity index (χ0v) is 12.0. The normalized spacial score (nSPS) is 18.2. The van der Waals surface area contributed by atoms with Crippen LogP contribution in [0, 0.1) is 0 Å². The summed E-state index contributed by atoms with van der Waals surface area (Å²) >= 11 is 0. The van der Waals surface area contributed by atoms with Gasteiger partial charge in [-0.25, -0.2) is 0 Å². The zero-order valence-electron chi connectivity index (χ0n) is 12.0. The quantitative estimate of drug-likeness (QED) is 0.901. The second-order valence-electron chi connectivity index (χ2n) is 4.95. The molecule has 2 unspecified atom stereocenters. The summed E-state index contributed by atoms with van der Waals surface area (Å²) in [5.74, 6) is 1.54. The monoisotopic (exact) mass is 285 g/mol. The molecule has 1 aliphatic heterocycles. The highest BCUT2D eigenvalue weighted by Crippen LogP contribution is 2.35. The van der Waals surface area contributed by atoms with Gasteiger partial charge in [-0.05, 0) is 24.7 Å². The lowest BCUT2D eigenvalue weighted by molar-refractivity contribution is 0.0622. The molecule has 0 saturated carbocycles. The molecule has 0 saturated heterocycles. The van der Waals surface area contributed by atoms with E-state index in [1.807, 2.05) is 24.3 Å². The number of aromatic nitrogens is 1. The summed E-state index contributed by atoms with van der Waals surface area (Å²) in [6, 6.07) is 9.44. The Bertz CT molecular complexity index is 618. The molecular weight excluding hydrogens is 266 g/mol. The molecule has 0 bridgehead atoms. The van der Waals surface area contributed by atoms with Crippen molar-refractivity contribution < 1.29 is 9.47 Å². The lowest BCUT2D eigenvalue weighted by Gasteiger charge is -2.33. The minimum Gasteiger partial charge on any atom is -0.486 e. The second-order valence-corrected chi connectivity index (χ2v) is 4.95. The summed E-state index contributed by atoms with van der Waals surface area (Å²) in [7, 11) is 0. The van der Waals surface area contributed by atoms with E-state index in [0.29, 0.717) is 12.3 Å².